The highest BCUT2D eigenvalue weighted by atomic mass is 16.5. The van der Waals surface area contributed by atoms with Crippen LogP contribution in [0, 0.1) is 20.8 Å². The Hall–Kier alpha value is -3.23. The number of carbonyl (C=O) groups excluding carboxylic acids is 2. The zero-order valence-electron chi connectivity index (χ0n) is 15.2. The molecule has 0 spiro atoms. The number of hydrogen-bond donors (Lipinski definition) is 2. The fourth-order valence-corrected chi connectivity index (χ4v) is 2.98. The lowest BCUT2D eigenvalue weighted by Crippen LogP contribution is -2.45. The second-order valence-corrected chi connectivity index (χ2v) is 6.13. The summed E-state index contributed by atoms with van der Waals surface area (Å²) in [5.41, 5.74) is 3.74. The Morgan fingerprint density at radius 1 is 1.19 bits per heavy atom. The first kappa shape index (κ1) is 17.6. The summed E-state index contributed by atoms with van der Waals surface area (Å²) in [4.78, 5) is 32.9. The van der Waals surface area contributed by atoms with Crippen LogP contribution in [0.3, 0.4) is 0 Å². The summed E-state index contributed by atoms with van der Waals surface area (Å²) in [5.74, 6) is -0.0905. The summed E-state index contributed by atoms with van der Waals surface area (Å²) in [7, 11) is 1.30. The lowest BCUT2D eigenvalue weighted by atomic mass is 9.96. The summed E-state index contributed by atoms with van der Waals surface area (Å²) in [6, 6.07) is 0.806. The first-order chi connectivity index (χ1) is 12.3. The van der Waals surface area contributed by atoms with Crippen molar-refractivity contribution in [3.8, 4) is 5.95 Å². The molecular formula is C17H20N6O3. The quantitative estimate of drug-likeness (QED) is 0.804. The van der Waals surface area contributed by atoms with Gasteiger partial charge < -0.3 is 15.4 Å². The molecule has 0 radical (unpaired) electrons. The molecule has 0 saturated carbocycles. The Bertz CT molecular complexity index is 910. The van der Waals surface area contributed by atoms with Crippen LogP contribution in [0.15, 0.2) is 23.5 Å². The van der Waals surface area contributed by atoms with Crippen LogP contribution >= 0.6 is 0 Å². The van der Waals surface area contributed by atoms with Gasteiger partial charge in [-0.05, 0) is 33.8 Å². The number of urea groups is 1. The molecule has 3 heterocycles. The average molecular weight is 356 g/mol. The van der Waals surface area contributed by atoms with E-state index in [0.717, 1.165) is 11.4 Å². The molecule has 26 heavy (non-hydrogen) atoms. The first-order valence-electron chi connectivity index (χ1n) is 8.05. The molecule has 0 bridgehead atoms. The van der Waals surface area contributed by atoms with Crippen LogP contribution in [0.1, 0.15) is 35.6 Å². The number of allylic oxidation sites excluding steroid dienone is 1. The molecule has 9 nitrogen and oxygen atoms in total. The highest BCUT2D eigenvalue weighted by Gasteiger charge is 2.34. The maximum atomic E-state index is 12.2. The third kappa shape index (κ3) is 3.15. The van der Waals surface area contributed by atoms with E-state index in [1.54, 1.807) is 24.7 Å². The van der Waals surface area contributed by atoms with Crippen molar-refractivity contribution in [3.63, 3.8) is 0 Å². The van der Waals surface area contributed by atoms with Crippen molar-refractivity contribution in [3.05, 3.63) is 46.2 Å². The Balaban J connectivity index is 2.09. The molecule has 1 aliphatic rings. The van der Waals surface area contributed by atoms with E-state index in [1.807, 2.05) is 19.9 Å². The van der Waals surface area contributed by atoms with Crippen molar-refractivity contribution >= 4 is 12.0 Å². The Labute approximate surface area is 150 Å². The Morgan fingerprint density at radius 3 is 2.46 bits per heavy atom. The van der Waals surface area contributed by atoms with Crippen LogP contribution in [0.2, 0.25) is 0 Å². The second kappa shape index (κ2) is 6.58. The Kier molecular flexibility index (Phi) is 4.45. The van der Waals surface area contributed by atoms with Crippen LogP contribution in [0.4, 0.5) is 4.79 Å². The fraction of sp³-hybridized carbons (Fsp3) is 0.353. The van der Waals surface area contributed by atoms with Gasteiger partial charge in [0.15, 0.2) is 0 Å². The number of aromatic nitrogens is 4. The minimum absolute atomic E-state index is 0.330. The largest absolute Gasteiger partial charge is 0.466 e. The molecule has 0 fully saturated rings. The third-order valence-electron chi connectivity index (χ3n) is 4.10. The zero-order valence-corrected chi connectivity index (χ0v) is 15.2. The van der Waals surface area contributed by atoms with E-state index in [0.29, 0.717) is 28.5 Å². The number of rotatable bonds is 3. The number of amides is 2. The normalized spacial score (nSPS) is 17.0. The van der Waals surface area contributed by atoms with Gasteiger partial charge in [0.05, 0.1) is 24.4 Å². The molecule has 3 rings (SSSR count). The van der Waals surface area contributed by atoms with Crippen LogP contribution in [0.25, 0.3) is 5.95 Å². The number of nitrogens with one attached hydrogen (secondary N) is 2. The number of aryl methyl sites for hydroxylation is 3. The maximum Gasteiger partial charge on any atom is 0.337 e. The van der Waals surface area contributed by atoms with Gasteiger partial charge in [-0.1, -0.05) is 0 Å². The second-order valence-electron chi connectivity index (χ2n) is 6.13. The van der Waals surface area contributed by atoms with Crippen LogP contribution < -0.4 is 10.6 Å². The molecule has 2 N–H and O–H groups in total. The van der Waals surface area contributed by atoms with E-state index in [2.05, 4.69) is 25.7 Å². The number of hydrogen-bond acceptors (Lipinski definition) is 6. The molecular weight excluding hydrogens is 336 g/mol. The van der Waals surface area contributed by atoms with Crippen molar-refractivity contribution in [2.45, 2.75) is 33.7 Å². The van der Waals surface area contributed by atoms with Crippen molar-refractivity contribution < 1.29 is 14.3 Å². The van der Waals surface area contributed by atoms with E-state index in [4.69, 9.17) is 4.74 Å². The number of esters is 1. The summed E-state index contributed by atoms with van der Waals surface area (Å²) in [6.45, 7) is 7.21. The molecule has 1 aliphatic heterocycles. The minimum atomic E-state index is -0.671. The molecule has 136 valence electrons. The van der Waals surface area contributed by atoms with Crippen LogP contribution in [-0.4, -0.2) is 38.9 Å². The number of ether oxygens (including phenoxy) is 1. The lowest BCUT2D eigenvalue weighted by molar-refractivity contribution is -0.136. The molecule has 0 aliphatic carbocycles. The topological polar surface area (TPSA) is 111 Å². The molecule has 2 aromatic heterocycles. The maximum absolute atomic E-state index is 12.2. The minimum Gasteiger partial charge on any atom is -0.466 e. The summed E-state index contributed by atoms with van der Waals surface area (Å²) in [6.07, 6.45) is 1.72. The fourth-order valence-electron chi connectivity index (χ4n) is 2.98. The molecule has 9 heteroatoms. The van der Waals surface area contributed by atoms with Crippen LogP contribution in [-0.2, 0) is 9.53 Å². The predicted molar refractivity (Wildman–Crippen MR) is 92.5 cm³/mol. The first-order valence-corrected chi connectivity index (χ1v) is 8.05. The van der Waals surface area contributed by atoms with Gasteiger partial charge in [-0.3, -0.25) is 0 Å². The third-order valence-corrected chi connectivity index (χ3v) is 4.10. The average Bonchev–Trinajstić information content (AvgIpc) is 2.94. The predicted octanol–water partition coefficient (Wildman–Crippen LogP) is 1.39. The number of methoxy groups -OCH3 is 1. The molecule has 0 saturated heterocycles. The highest BCUT2D eigenvalue weighted by molar-refractivity contribution is 5.94. The van der Waals surface area contributed by atoms with E-state index in [1.165, 1.54) is 7.11 Å². The van der Waals surface area contributed by atoms with Crippen molar-refractivity contribution in [1.29, 1.82) is 0 Å². The smallest absolute Gasteiger partial charge is 0.337 e. The van der Waals surface area contributed by atoms with Crippen molar-refractivity contribution in [2.75, 3.05) is 7.11 Å². The molecule has 1 unspecified atom stereocenters. The van der Waals surface area contributed by atoms with Crippen molar-refractivity contribution in [2.24, 2.45) is 0 Å². The SMILES string of the molecule is COC(=O)C1=C(C)NC(=O)NC1c1cn(-c2nc(C)cc(C)n2)nc1C. The Morgan fingerprint density at radius 2 is 1.85 bits per heavy atom. The van der Waals surface area contributed by atoms with Crippen molar-refractivity contribution in [1.82, 2.24) is 30.4 Å². The van der Waals surface area contributed by atoms with Gasteiger partial charge in [-0.2, -0.15) is 5.10 Å². The molecule has 0 aromatic carbocycles. The van der Waals surface area contributed by atoms with Gasteiger partial charge in [-0.25, -0.2) is 24.2 Å². The van der Waals surface area contributed by atoms with Gasteiger partial charge in [0.25, 0.3) is 5.95 Å². The molecule has 2 aromatic rings. The van der Waals surface area contributed by atoms with Crippen LogP contribution in [0.5, 0.6) is 0 Å². The van der Waals surface area contributed by atoms with Gasteiger partial charge in [0.2, 0.25) is 0 Å². The molecule has 1 atom stereocenters. The monoisotopic (exact) mass is 356 g/mol. The summed E-state index contributed by atoms with van der Waals surface area (Å²) >= 11 is 0. The van der Waals surface area contributed by atoms with E-state index in [9.17, 15) is 9.59 Å². The molecule has 2 amide bonds. The summed E-state index contributed by atoms with van der Waals surface area (Å²) < 4.78 is 6.41. The van der Waals surface area contributed by atoms with Gasteiger partial charge >= 0.3 is 12.0 Å². The van der Waals surface area contributed by atoms with Gasteiger partial charge in [0, 0.05) is 28.8 Å². The number of nitrogens with zero attached hydrogens (tertiary/aromatic N) is 4. The standard InChI is InChI=1S/C17H20N6O3/c1-8-6-9(2)19-16(18-8)23-7-12(10(3)22-23)14-13(15(24)26-5)11(4)20-17(25)21-14/h6-7,14H,1-5H3,(H2,20,21,25). The van der Waals surface area contributed by atoms with E-state index in [-0.39, 0.29) is 0 Å². The summed E-state index contributed by atoms with van der Waals surface area (Å²) in [5, 5.41) is 9.80. The zero-order chi connectivity index (χ0) is 19.0. The lowest BCUT2D eigenvalue weighted by Gasteiger charge is -2.27. The van der Waals surface area contributed by atoms with Gasteiger partial charge in [0.1, 0.15) is 0 Å². The highest BCUT2D eigenvalue weighted by Crippen LogP contribution is 2.29. The van der Waals surface area contributed by atoms with E-state index < -0.39 is 18.0 Å². The van der Waals surface area contributed by atoms with E-state index >= 15 is 0 Å². The number of carbonyl (C=O) groups is 2. The van der Waals surface area contributed by atoms with Gasteiger partial charge in [-0.15, -0.1) is 0 Å².